The molecule has 32 heavy (non-hydrogen) atoms. The van der Waals surface area contributed by atoms with Crippen molar-refractivity contribution < 1.29 is 40.3 Å². The molecule has 1 amide bonds. The number of hydrogen-bond acceptors (Lipinski definition) is 2. The van der Waals surface area contributed by atoms with Crippen LogP contribution in [0.15, 0.2) is 36.4 Å². The largest absolute Gasteiger partial charge is 0.484 e. The molecular weight excluding hydrogens is 443 g/mol. The Morgan fingerprint density at radius 2 is 1.81 bits per heavy atom. The van der Waals surface area contributed by atoms with Crippen LogP contribution in [0.2, 0.25) is 0 Å². The lowest BCUT2D eigenvalue weighted by Gasteiger charge is -2.22. The summed E-state index contributed by atoms with van der Waals surface area (Å²) >= 11 is 0. The second-order valence-corrected chi connectivity index (χ2v) is 7.90. The van der Waals surface area contributed by atoms with Gasteiger partial charge in [0.15, 0.2) is 6.61 Å². The third-order valence-corrected chi connectivity index (χ3v) is 5.25. The maximum atomic E-state index is 14.0. The molecule has 1 atom stereocenters. The van der Waals surface area contributed by atoms with Crippen LogP contribution < -0.4 is 10.1 Å². The Labute approximate surface area is 179 Å². The predicted molar refractivity (Wildman–Crippen MR) is 101 cm³/mol. The minimum atomic E-state index is -4.64. The SMILES string of the molecule is C[C@@H](CC(=O)NC1(c2cc(OCC(F)(F)F)cc(C(F)F)c2)CC1)c1ccc(F)cc1F. The van der Waals surface area contributed by atoms with Crippen LogP contribution >= 0.6 is 0 Å². The van der Waals surface area contributed by atoms with E-state index < -0.39 is 53.8 Å². The van der Waals surface area contributed by atoms with Gasteiger partial charge in [0.25, 0.3) is 6.43 Å². The zero-order valence-corrected chi connectivity index (χ0v) is 16.9. The van der Waals surface area contributed by atoms with Crippen molar-refractivity contribution in [1.29, 1.82) is 0 Å². The third kappa shape index (κ3) is 5.92. The molecule has 0 aliphatic heterocycles. The van der Waals surface area contributed by atoms with Crippen LogP contribution in [0.3, 0.4) is 0 Å². The van der Waals surface area contributed by atoms with Crippen LogP contribution in [-0.2, 0) is 10.3 Å². The lowest BCUT2D eigenvalue weighted by molar-refractivity contribution is -0.153. The summed E-state index contributed by atoms with van der Waals surface area (Å²) in [4.78, 5) is 12.6. The monoisotopic (exact) mass is 463 g/mol. The van der Waals surface area contributed by atoms with Gasteiger partial charge in [-0.15, -0.1) is 0 Å². The Balaban J connectivity index is 1.75. The van der Waals surface area contributed by atoms with Crippen molar-refractivity contribution in [3.63, 3.8) is 0 Å². The molecule has 2 aromatic rings. The van der Waals surface area contributed by atoms with E-state index in [1.165, 1.54) is 12.1 Å². The second kappa shape index (κ2) is 8.99. The lowest BCUT2D eigenvalue weighted by atomic mass is 9.95. The third-order valence-electron chi connectivity index (χ3n) is 5.25. The summed E-state index contributed by atoms with van der Waals surface area (Å²) in [5, 5.41) is 2.72. The highest BCUT2D eigenvalue weighted by atomic mass is 19.4. The zero-order valence-electron chi connectivity index (χ0n) is 16.9. The van der Waals surface area contributed by atoms with Crippen molar-refractivity contribution in [1.82, 2.24) is 5.32 Å². The zero-order chi connectivity index (χ0) is 23.7. The van der Waals surface area contributed by atoms with Crippen molar-refractivity contribution >= 4 is 5.91 Å². The molecular formula is C22H20F7NO2. The van der Waals surface area contributed by atoms with E-state index in [-0.39, 0.29) is 23.3 Å². The molecule has 1 aliphatic carbocycles. The fourth-order valence-electron chi connectivity index (χ4n) is 3.49. The fraction of sp³-hybridized carbons (Fsp3) is 0.409. The summed E-state index contributed by atoms with van der Waals surface area (Å²) in [5.74, 6) is -3.01. The van der Waals surface area contributed by atoms with Gasteiger partial charge in [-0.2, -0.15) is 13.2 Å². The van der Waals surface area contributed by atoms with Gasteiger partial charge in [-0.3, -0.25) is 4.79 Å². The summed E-state index contributed by atoms with van der Waals surface area (Å²) in [5.41, 5.74) is -1.18. The number of rotatable bonds is 8. The first kappa shape index (κ1) is 23.9. The summed E-state index contributed by atoms with van der Waals surface area (Å²) in [6.45, 7) is -0.0603. The number of hydrogen-bond donors (Lipinski definition) is 1. The number of carbonyl (C=O) groups is 1. The van der Waals surface area contributed by atoms with E-state index in [4.69, 9.17) is 0 Å². The van der Waals surface area contributed by atoms with Gasteiger partial charge >= 0.3 is 6.18 Å². The van der Waals surface area contributed by atoms with Crippen molar-refractivity contribution in [3.05, 3.63) is 64.7 Å². The van der Waals surface area contributed by atoms with Crippen LogP contribution in [0.4, 0.5) is 30.7 Å². The topological polar surface area (TPSA) is 38.3 Å². The first-order valence-electron chi connectivity index (χ1n) is 9.78. The van der Waals surface area contributed by atoms with Gasteiger partial charge in [0.1, 0.15) is 17.4 Å². The molecule has 174 valence electrons. The van der Waals surface area contributed by atoms with Crippen molar-refractivity contribution in [3.8, 4) is 5.75 Å². The molecule has 0 saturated heterocycles. The van der Waals surface area contributed by atoms with Gasteiger partial charge in [-0.05, 0) is 54.2 Å². The molecule has 1 fully saturated rings. The maximum Gasteiger partial charge on any atom is 0.422 e. The second-order valence-electron chi connectivity index (χ2n) is 7.90. The highest BCUT2D eigenvalue weighted by Gasteiger charge is 2.46. The summed E-state index contributed by atoms with van der Waals surface area (Å²) < 4.78 is 95.6. The Morgan fingerprint density at radius 1 is 1.12 bits per heavy atom. The number of amides is 1. The molecule has 0 radical (unpaired) electrons. The molecule has 0 heterocycles. The van der Waals surface area contributed by atoms with Crippen LogP contribution in [0.1, 0.15) is 55.2 Å². The van der Waals surface area contributed by atoms with Crippen LogP contribution in [0.5, 0.6) is 5.75 Å². The van der Waals surface area contributed by atoms with Crippen LogP contribution in [0, 0.1) is 11.6 Å². The van der Waals surface area contributed by atoms with E-state index >= 15 is 0 Å². The van der Waals surface area contributed by atoms with E-state index in [0.717, 1.165) is 18.2 Å². The molecule has 0 bridgehead atoms. The first-order valence-corrected chi connectivity index (χ1v) is 9.78. The van der Waals surface area contributed by atoms with Crippen molar-refractivity contribution in [2.24, 2.45) is 0 Å². The van der Waals surface area contributed by atoms with E-state index in [1.54, 1.807) is 6.92 Å². The normalized spacial score (nSPS) is 16.0. The highest BCUT2D eigenvalue weighted by molar-refractivity contribution is 5.78. The van der Waals surface area contributed by atoms with Crippen LogP contribution in [0.25, 0.3) is 0 Å². The van der Waals surface area contributed by atoms with Gasteiger partial charge in [0, 0.05) is 18.1 Å². The van der Waals surface area contributed by atoms with E-state index in [2.05, 4.69) is 10.1 Å². The van der Waals surface area contributed by atoms with Gasteiger partial charge in [0.05, 0.1) is 5.54 Å². The van der Waals surface area contributed by atoms with Gasteiger partial charge in [-0.25, -0.2) is 17.6 Å². The predicted octanol–water partition coefficient (Wildman–Crippen LogP) is 6.14. The fourth-order valence-corrected chi connectivity index (χ4v) is 3.49. The standard InChI is InChI=1S/C22H20F7NO2/c1-12(17-3-2-15(23)10-18(17)24)6-19(31)30-21(4-5-21)14-7-13(20(25)26)8-16(9-14)32-11-22(27,28)29/h2-3,7-10,12,20H,4-6,11H2,1H3,(H,30,31)/t12-/m0/s1. The molecule has 10 heteroatoms. The average Bonchev–Trinajstić information content (AvgIpc) is 3.45. The molecule has 1 N–H and O–H groups in total. The molecule has 0 unspecified atom stereocenters. The summed E-state index contributed by atoms with van der Waals surface area (Å²) in [6, 6.07) is 6.19. The van der Waals surface area contributed by atoms with Crippen LogP contribution in [-0.4, -0.2) is 18.7 Å². The minimum Gasteiger partial charge on any atom is -0.484 e. The van der Waals surface area contributed by atoms with Gasteiger partial charge < -0.3 is 10.1 Å². The lowest BCUT2D eigenvalue weighted by Crippen LogP contribution is -2.35. The van der Waals surface area contributed by atoms with Gasteiger partial charge in [-0.1, -0.05) is 13.0 Å². The number of nitrogens with one attached hydrogen (secondary N) is 1. The highest BCUT2D eigenvalue weighted by Crippen LogP contribution is 2.47. The molecule has 0 spiro atoms. The molecule has 2 aromatic carbocycles. The molecule has 1 aliphatic rings. The Hall–Kier alpha value is -2.78. The molecule has 1 saturated carbocycles. The average molecular weight is 463 g/mol. The van der Waals surface area contributed by atoms with E-state index in [1.807, 2.05) is 0 Å². The minimum absolute atomic E-state index is 0.147. The Morgan fingerprint density at radius 3 is 2.38 bits per heavy atom. The molecule has 0 aromatic heterocycles. The van der Waals surface area contributed by atoms with E-state index in [0.29, 0.717) is 18.9 Å². The number of halogens is 7. The number of alkyl halides is 5. The Bertz CT molecular complexity index is 987. The van der Waals surface area contributed by atoms with Crippen molar-refractivity contribution in [2.45, 2.75) is 50.2 Å². The maximum absolute atomic E-state index is 14.0. The quantitative estimate of drug-likeness (QED) is 0.478. The molecule has 3 nitrogen and oxygen atoms in total. The first-order chi connectivity index (χ1) is 14.9. The van der Waals surface area contributed by atoms with E-state index in [9.17, 15) is 35.5 Å². The van der Waals surface area contributed by atoms with Gasteiger partial charge in [0.2, 0.25) is 5.91 Å². The number of benzene rings is 2. The molecule has 3 rings (SSSR count). The summed E-state index contributed by atoms with van der Waals surface area (Å²) in [7, 11) is 0. The number of carbonyl (C=O) groups excluding carboxylic acids is 1. The Kier molecular flexibility index (Phi) is 6.71. The smallest absolute Gasteiger partial charge is 0.422 e. The summed E-state index contributed by atoms with van der Waals surface area (Å²) in [6.07, 6.45) is -6.96. The van der Waals surface area contributed by atoms with Crippen molar-refractivity contribution in [2.75, 3.05) is 6.61 Å². The number of ether oxygens (including phenoxy) is 1.